The molecule has 3 aromatic heterocycles. The number of aryl methyl sites for hydroxylation is 1. The Morgan fingerprint density at radius 3 is 2.15 bits per heavy atom. The van der Waals surface area contributed by atoms with E-state index < -0.39 is 0 Å². The fraction of sp³-hybridized carbons (Fsp3) is 0.267. The van der Waals surface area contributed by atoms with E-state index in [4.69, 9.17) is 0 Å². The van der Waals surface area contributed by atoms with Gasteiger partial charge in [0.25, 0.3) is 0 Å². The molecule has 6 aromatic rings. The second-order valence-corrected chi connectivity index (χ2v) is 12.2. The summed E-state index contributed by atoms with van der Waals surface area (Å²) in [6.07, 6.45) is 9.43. The molecule has 0 nitrogen and oxygen atoms in total. The molecule has 0 saturated carbocycles. The van der Waals surface area contributed by atoms with Crippen molar-refractivity contribution in [2.45, 2.75) is 51.9 Å². The summed E-state index contributed by atoms with van der Waals surface area (Å²) >= 11 is 5.80. The van der Waals surface area contributed by atoms with Gasteiger partial charge in [0.15, 0.2) is 0 Å². The normalized spacial score (nSPS) is 12.0. The summed E-state index contributed by atoms with van der Waals surface area (Å²) in [5, 5.41) is 10.4. The third-order valence-electron chi connectivity index (χ3n) is 6.77. The van der Waals surface area contributed by atoms with Crippen LogP contribution in [0.1, 0.15) is 50.3 Å². The minimum absolute atomic E-state index is 1.23. The van der Waals surface area contributed by atoms with E-state index in [0.29, 0.717) is 0 Å². The Morgan fingerprint density at radius 2 is 1.30 bits per heavy atom. The molecule has 0 unspecified atom stereocenters. The quantitative estimate of drug-likeness (QED) is 0.149. The number of rotatable bonds is 8. The predicted octanol–water partition coefficient (Wildman–Crippen LogP) is 11.1. The molecule has 6 rings (SSSR count). The molecule has 3 heteroatoms. The van der Waals surface area contributed by atoms with E-state index in [2.05, 4.69) is 73.0 Å². The van der Waals surface area contributed by atoms with Crippen molar-refractivity contribution in [3.8, 4) is 9.75 Å². The first-order valence-electron chi connectivity index (χ1n) is 12.2. The molecule has 0 bridgehead atoms. The maximum absolute atomic E-state index is 2.40. The first-order chi connectivity index (χ1) is 16.3. The maximum Gasteiger partial charge on any atom is 0.0455 e. The van der Waals surface area contributed by atoms with Gasteiger partial charge in [-0.3, -0.25) is 0 Å². The molecular weight excluding hydrogens is 457 g/mol. The highest BCUT2D eigenvalue weighted by Crippen LogP contribution is 2.42. The van der Waals surface area contributed by atoms with Crippen LogP contribution in [0.25, 0.3) is 51.5 Å². The molecule has 0 amide bonds. The summed E-state index contributed by atoms with van der Waals surface area (Å²) in [4.78, 5) is 4.37. The summed E-state index contributed by atoms with van der Waals surface area (Å²) in [6, 6.07) is 23.2. The Labute approximate surface area is 207 Å². The second kappa shape index (κ2) is 9.21. The standard InChI is InChI=1S/C30H28S3/c1-2-3-4-5-6-7-8-22-11-16-27(32-22)28-19-21-10-13-24-23-12-9-20-17-18-31-29(20)25(23)14-15-26(24)30(21)33-28/h9-19H,2-8H2,1H3. The van der Waals surface area contributed by atoms with Crippen LogP contribution in [0.2, 0.25) is 0 Å². The van der Waals surface area contributed by atoms with Gasteiger partial charge in [0, 0.05) is 34.8 Å². The van der Waals surface area contributed by atoms with Crippen LogP contribution < -0.4 is 0 Å². The highest BCUT2D eigenvalue weighted by atomic mass is 32.1. The van der Waals surface area contributed by atoms with Crippen LogP contribution in [0.3, 0.4) is 0 Å². The van der Waals surface area contributed by atoms with Crippen LogP contribution in [-0.4, -0.2) is 0 Å². The Kier molecular flexibility index (Phi) is 5.96. The van der Waals surface area contributed by atoms with E-state index in [0.717, 1.165) is 0 Å². The number of unbranched alkanes of at least 4 members (excludes halogenated alkanes) is 5. The predicted molar refractivity (Wildman–Crippen MR) is 153 cm³/mol. The zero-order chi connectivity index (χ0) is 22.2. The zero-order valence-electron chi connectivity index (χ0n) is 19.0. The monoisotopic (exact) mass is 484 g/mol. The lowest BCUT2D eigenvalue weighted by Gasteiger charge is -2.06. The van der Waals surface area contributed by atoms with Gasteiger partial charge in [-0.15, -0.1) is 34.0 Å². The third-order valence-corrected chi connectivity index (χ3v) is 10.3. The van der Waals surface area contributed by atoms with Crippen LogP contribution in [0.4, 0.5) is 0 Å². The first-order valence-corrected chi connectivity index (χ1v) is 14.7. The second-order valence-electron chi connectivity index (χ2n) is 9.04. The van der Waals surface area contributed by atoms with Crippen molar-refractivity contribution >= 4 is 75.7 Å². The van der Waals surface area contributed by atoms with Gasteiger partial charge in [0.05, 0.1) is 0 Å². The van der Waals surface area contributed by atoms with Gasteiger partial charge in [0.1, 0.15) is 0 Å². The average Bonchev–Trinajstić information content (AvgIpc) is 3.59. The van der Waals surface area contributed by atoms with Crippen LogP contribution >= 0.6 is 34.0 Å². The number of hydrogen-bond donors (Lipinski definition) is 0. The number of hydrogen-bond acceptors (Lipinski definition) is 3. The van der Waals surface area contributed by atoms with Gasteiger partial charge in [-0.25, -0.2) is 0 Å². The van der Waals surface area contributed by atoms with Gasteiger partial charge in [0.2, 0.25) is 0 Å². The molecule has 3 aromatic carbocycles. The molecule has 3 heterocycles. The molecule has 33 heavy (non-hydrogen) atoms. The molecule has 0 radical (unpaired) electrons. The van der Waals surface area contributed by atoms with Gasteiger partial charge in [-0.05, 0) is 64.0 Å². The van der Waals surface area contributed by atoms with Crippen molar-refractivity contribution in [1.29, 1.82) is 0 Å². The van der Waals surface area contributed by atoms with Gasteiger partial charge in [-0.2, -0.15) is 0 Å². The number of benzene rings is 3. The van der Waals surface area contributed by atoms with Gasteiger partial charge >= 0.3 is 0 Å². The summed E-state index contributed by atoms with van der Waals surface area (Å²) in [7, 11) is 0. The Balaban J connectivity index is 1.31. The SMILES string of the molecule is CCCCCCCCc1ccc(-c2cc3ccc4c5ccc6ccsc6c5ccc4c3s2)s1. The number of fused-ring (bicyclic) bond motifs is 7. The van der Waals surface area contributed by atoms with Crippen molar-refractivity contribution in [3.05, 3.63) is 70.9 Å². The van der Waals surface area contributed by atoms with Crippen LogP contribution in [0, 0.1) is 0 Å². The van der Waals surface area contributed by atoms with E-state index in [1.165, 1.54) is 101 Å². The minimum Gasteiger partial charge on any atom is -0.143 e. The summed E-state index contributed by atoms with van der Waals surface area (Å²) < 4.78 is 2.82. The molecule has 0 atom stereocenters. The lowest BCUT2D eigenvalue weighted by atomic mass is 10.00. The van der Waals surface area contributed by atoms with Gasteiger partial charge in [-0.1, -0.05) is 75.4 Å². The fourth-order valence-electron chi connectivity index (χ4n) is 4.99. The fourth-order valence-corrected chi connectivity index (χ4v) is 8.24. The van der Waals surface area contributed by atoms with E-state index in [9.17, 15) is 0 Å². The highest BCUT2D eigenvalue weighted by molar-refractivity contribution is 7.26. The molecule has 166 valence electrons. The molecular formula is C30H28S3. The first kappa shape index (κ1) is 21.3. The van der Waals surface area contributed by atoms with Crippen molar-refractivity contribution < 1.29 is 0 Å². The summed E-state index contributed by atoms with van der Waals surface area (Å²) in [6.45, 7) is 2.29. The third kappa shape index (κ3) is 4.01. The van der Waals surface area contributed by atoms with E-state index in [1.807, 2.05) is 34.0 Å². The van der Waals surface area contributed by atoms with E-state index >= 15 is 0 Å². The summed E-state index contributed by atoms with van der Waals surface area (Å²) in [5.74, 6) is 0. The Morgan fingerprint density at radius 1 is 0.576 bits per heavy atom. The van der Waals surface area contributed by atoms with Crippen molar-refractivity contribution in [3.63, 3.8) is 0 Å². The lowest BCUT2D eigenvalue weighted by Crippen LogP contribution is -1.82. The maximum atomic E-state index is 2.40. The molecule has 0 aliphatic carbocycles. The largest absolute Gasteiger partial charge is 0.143 e. The summed E-state index contributed by atoms with van der Waals surface area (Å²) in [5.41, 5.74) is 0. The highest BCUT2D eigenvalue weighted by Gasteiger charge is 2.12. The van der Waals surface area contributed by atoms with Gasteiger partial charge < -0.3 is 0 Å². The topological polar surface area (TPSA) is 0 Å². The van der Waals surface area contributed by atoms with Crippen LogP contribution in [-0.2, 0) is 6.42 Å². The lowest BCUT2D eigenvalue weighted by molar-refractivity contribution is 0.609. The van der Waals surface area contributed by atoms with E-state index in [1.54, 1.807) is 0 Å². The minimum atomic E-state index is 1.23. The van der Waals surface area contributed by atoms with E-state index in [-0.39, 0.29) is 0 Å². The van der Waals surface area contributed by atoms with Crippen LogP contribution in [0.15, 0.2) is 66.0 Å². The molecule has 0 aliphatic rings. The van der Waals surface area contributed by atoms with Crippen molar-refractivity contribution in [1.82, 2.24) is 0 Å². The average molecular weight is 485 g/mol. The molecule has 0 fully saturated rings. The number of thiophene rings is 3. The van der Waals surface area contributed by atoms with Crippen LogP contribution in [0.5, 0.6) is 0 Å². The smallest absolute Gasteiger partial charge is 0.0455 e. The Hall–Kier alpha value is -2.20. The molecule has 0 aliphatic heterocycles. The molecule has 0 spiro atoms. The molecule has 0 N–H and O–H groups in total. The zero-order valence-corrected chi connectivity index (χ0v) is 21.5. The molecule has 0 saturated heterocycles. The van der Waals surface area contributed by atoms with Crippen molar-refractivity contribution in [2.75, 3.05) is 0 Å². The Bertz CT molecular complexity index is 1560. The van der Waals surface area contributed by atoms with Crippen molar-refractivity contribution in [2.24, 2.45) is 0 Å².